The van der Waals surface area contributed by atoms with E-state index in [0.717, 1.165) is 60.3 Å². The van der Waals surface area contributed by atoms with E-state index in [4.69, 9.17) is 9.47 Å². The lowest BCUT2D eigenvalue weighted by molar-refractivity contribution is -0.0976. The summed E-state index contributed by atoms with van der Waals surface area (Å²) in [6.07, 6.45) is 2.11. The Kier molecular flexibility index (Phi) is 9.44. The Balaban J connectivity index is 0.000000162. The standard InChI is InChI=1S/C25H22O3.C21H18O/c1-17-27-16-24(28-17)25(26,22-12-10-18-6-2-4-8-20(18)14-22)23-13-11-19-7-3-5-9-21(19)15-23;1-3-15-9-11-19(13-16(15)4-2)21(22)20-12-10-17-7-5-6-8-18(17)14-20/h2-15,17,24,26H,16H2,1H3;3-14,21-22H,1-2H2. The fourth-order valence-electron chi connectivity index (χ4n) is 6.84. The monoisotopic (exact) mass is 656 g/mol. The summed E-state index contributed by atoms with van der Waals surface area (Å²) in [5.74, 6) is 0. The molecule has 1 aliphatic heterocycles. The van der Waals surface area contributed by atoms with E-state index >= 15 is 0 Å². The largest absolute Gasteiger partial charge is 0.384 e. The van der Waals surface area contributed by atoms with Gasteiger partial charge < -0.3 is 19.7 Å². The molecule has 7 aromatic rings. The van der Waals surface area contributed by atoms with Crippen LogP contribution in [0.3, 0.4) is 0 Å². The minimum Gasteiger partial charge on any atom is -0.384 e. The van der Waals surface area contributed by atoms with Crippen LogP contribution in [0.5, 0.6) is 0 Å². The van der Waals surface area contributed by atoms with E-state index in [0.29, 0.717) is 6.61 Å². The van der Waals surface area contributed by atoms with Crippen molar-refractivity contribution >= 4 is 44.5 Å². The molecule has 0 aromatic heterocycles. The number of ether oxygens (including phenoxy) is 2. The molecule has 1 aliphatic rings. The number of rotatable bonds is 7. The highest BCUT2D eigenvalue weighted by molar-refractivity contribution is 5.85. The van der Waals surface area contributed by atoms with Gasteiger partial charge in [0.2, 0.25) is 0 Å². The van der Waals surface area contributed by atoms with Crippen LogP contribution in [0.15, 0.2) is 159 Å². The molecule has 1 fully saturated rings. The van der Waals surface area contributed by atoms with E-state index in [2.05, 4.69) is 73.8 Å². The predicted octanol–water partition coefficient (Wildman–Crippen LogP) is 10.2. The van der Waals surface area contributed by atoms with Crippen LogP contribution in [0, 0.1) is 0 Å². The number of fused-ring (bicyclic) bond motifs is 3. The Hall–Kier alpha value is -5.36. The van der Waals surface area contributed by atoms with Gasteiger partial charge in [-0.3, -0.25) is 0 Å². The van der Waals surface area contributed by atoms with Crippen molar-refractivity contribution in [1.82, 2.24) is 0 Å². The molecule has 8 rings (SSSR count). The first-order valence-electron chi connectivity index (χ1n) is 16.9. The van der Waals surface area contributed by atoms with Crippen LogP contribution in [0.25, 0.3) is 44.5 Å². The molecule has 1 heterocycles. The summed E-state index contributed by atoms with van der Waals surface area (Å²) in [4.78, 5) is 0. The Bertz CT molecular complexity index is 2240. The summed E-state index contributed by atoms with van der Waals surface area (Å²) in [5.41, 5.74) is 4.06. The van der Waals surface area contributed by atoms with Gasteiger partial charge in [0.15, 0.2) is 6.29 Å². The van der Waals surface area contributed by atoms with Crippen molar-refractivity contribution in [2.24, 2.45) is 0 Å². The van der Waals surface area contributed by atoms with E-state index < -0.39 is 17.8 Å². The van der Waals surface area contributed by atoms with Gasteiger partial charge in [0.25, 0.3) is 0 Å². The smallest absolute Gasteiger partial charge is 0.155 e. The maximum atomic E-state index is 12.1. The third kappa shape index (κ3) is 6.50. The van der Waals surface area contributed by atoms with Gasteiger partial charge in [0, 0.05) is 0 Å². The Morgan fingerprint density at radius 1 is 0.600 bits per heavy atom. The molecular formula is C46H40O4. The molecule has 0 saturated carbocycles. The first kappa shape index (κ1) is 33.2. The zero-order valence-corrected chi connectivity index (χ0v) is 28.1. The normalized spacial score (nSPS) is 16.5. The SMILES string of the molecule is C=Cc1ccc(C(O)c2ccc3ccccc3c2)cc1C=C.CC1OCC(C(O)(c2ccc3ccccc3c2)c2ccc3ccccc3c2)O1. The average Bonchev–Trinajstić information content (AvgIpc) is 3.63. The van der Waals surface area contributed by atoms with Gasteiger partial charge in [-0.15, -0.1) is 0 Å². The summed E-state index contributed by atoms with van der Waals surface area (Å²) >= 11 is 0. The Morgan fingerprint density at radius 3 is 1.56 bits per heavy atom. The van der Waals surface area contributed by atoms with Gasteiger partial charge in [-0.2, -0.15) is 0 Å². The van der Waals surface area contributed by atoms with Crippen LogP contribution in [0.2, 0.25) is 0 Å². The van der Waals surface area contributed by atoms with Crippen molar-refractivity contribution in [1.29, 1.82) is 0 Å². The van der Waals surface area contributed by atoms with Crippen molar-refractivity contribution in [2.45, 2.75) is 31.0 Å². The van der Waals surface area contributed by atoms with Gasteiger partial charge in [0.1, 0.15) is 17.8 Å². The molecule has 248 valence electrons. The first-order valence-corrected chi connectivity index (χ1v) is 16.9. The molecule has 0 amide bonds. The molecule has 3 unspecified atom stereocenters. The van der Waals surface area contributed by atoms with Crippen LogP contribution >= 0.6 is 0 Å². The highest BCUT2D eigenvalue weighted by atomic mass is 16.7. The quantitative estimate of drug-likeness (QED) is 0.179. The first-order chi connectivity index (χ1) is 24.4. The summed E-state index contributed by atoms with van der Waals surface area (Å²) in [6, 6.07) is 48.6. The maximum absolute atomic E-state index is 12.1. The van der Waals surface area contributed by atoms with Gasteiger partial charge in [-0.05, 0) is 96.9 Å². The van der Waals surface area contributed by atoms with Crippen molar-refractivity contribution in [3.63, 3.8) is 0 Å². The average molecular weight is 657 g/mol. The second-order valence-corrected chi connectivity index (χ2v) is 12.7. The van der Waals surface area contributed by atoms with Crippen LogP contribution in [-0.4, -0.2) is 29.2 Å². The van der Waals surface area contributed by atoms with Gasteiger partial charge in [-0.25, -0.2) is 0 Å². The highest BCUT2D eigenvalue weighted by Gasteiger charge is 2.45. The highest BCUT2D eigenvalue weighted by Crippen LogP contribution is 2.40. The Morgan fingerprint density at radius 2 is 1.06 bits per heavy atom. The zero-order valence-electron chi connectivity index (χ0n) is 28.1. The van der Waals surface area contributed by atoms with Crippen molar-refractivity contribution in [2.75, 3.05) is 6.61 Å². The van der Waals surface area contributed by atoms with Gasteiger partial charge >= 0.3 is 0 Å². The number of hydrogen-bond acceptors (Lipinski definition) is 4. The molecule has 4 nitrogen and oxygen atoms in total. The number of aliphatic hydroxyl groups excluding tert-OH is 1. The van der Waals surface area contributed by atoms with Crippen LogP contribution in [0.4, 0.5) is 0 Å². The van der Waals surface area contributed by atoms with Gasteiger partial charge in [0.05, 0.1) is 6.61 Å². The molecule has 0 radical (unpaired) electrons. The van der Waals surface area contributed by atoms with Crippen molar-refractivity contribution in [3.8, 4) is 0 Å². The number of aliphatic hydroxyl groups is 2. The molecule has 0 aliphatic carbocycles. The predicted molar refractivity (Wildman–Crippen MR) is 206 cm³/mol. The fourth-order valence-corrected chi connectivity index (χ4v) is 6.84. The lowest BCUT2D eigenvalue weighted by Crippen LogP contribution is -2.42. The minimum absolute atomic E-state index is 0.336. The lowest BCUT2D eigenvalue weighted by Gasteiger charge is -2.34. The molecule has 0 spiro atoms. The molecule has 4 heteroatoms. The molecule has 0 bridgehead atoms. The van der Waals surface area contributed by atoms with E-state index in [1.807, 2.05) is 91.9 Å². The minimum atomic E-state index is -1.31. The molecule has 7 aromatic carbocycles. The van der Waals surface area contributed by atoms with Crippen LogP contribution in [0.1, 0.15) is 46.4 Å². The number of hydrogen-bond donors (Lipinski definition) is 2. The van der Waals surface area contributed by atoms with Crippen LogP contribution in [-0.2, 0) is 15.1 Å². The fraction of sp³-hybridized carbons (Fsp3) is 0.130. The topological polar surface area (TPSA) is 58.9 Å². The summed E-state index contributed by atoms with van der Waals surface area (Å²) < 4.78 is 11.6. The molecular weight excluding hydrogens is 617 g/mol. The summed E-state index contributed by atoms with van der Waals surface area (Å²) in [5, 5.41) is 29.5. The third-order valence-electron chi connectivity index (χ3n) is 9.64. The molecule has 1 saturated heterocycles. The second-order valence-electron chi connectivity index (χ2n) is 12.7. The molecule has 2 N–H and O–H groups in total. The summed E-state index contributed by atoms with van der Waals surface area (Å²) in [7, 11) is 0. The lowest BCUT2D eigenvalue weighted by atomic mass is 9.80. The van der Waals surface area contributed by atoms with Crippen molar-refractivity contribution in [3.05, 3.63) is 192 Å². The Labute approximate surface area is 293 Å². The van der Waals surface area contributed by atoms with Crippen molar-refractivity contribution < 1.29 is 19.7 Å². The van der Waals surface area contributed by atoms with E-state index in [-0.39, 0.29) is 6.29 Å². The van der Waals surface area contributed by atoms with Crippen LogP contribution < -0.4 is 0 Å². The van der Waals surface area contributed by atoms with E-state index in [1.165, 1.54) is 5.39 Å². The number of benzene rings is 7. The molecule has 3 atom stereocenters. The zero-order chi connectivity index (χ0) is 34.7. The second kappa shape index (κ2) is 14.2. The third-order valence-corrected chi connectivity index (χ3v) is 9.64. The van der Waals surface area contributed by atoms with E-state index in [1.54, 1.807) is 12.2 Å². The van der Waals surface area contributed by atoms with E-state index in [9.17, 15) is 10.2 Å². The summed E-state index contributed by atoms with van der Waals surface area (Å²) in [6.45, 7) is 9.83. The molecule has 50 heavy (non-hydrogen) atoms. The maximum Gasteiger partial charge on any atom is 0.155 e. The van der Waals surface area contributed by atoms with Gasteiger partial charge in [-0.1, -0.05) is 147 Å².